The van der Waals surface area contributed by atoms with Crippen molar-refractivity contribution in [2.24, 2.45) is 29.4 Å². The molecule has 7 amide bonds. The maximum atomic E-state index is 15.1. The molecule has 0 aliphatic carbocycles. The van der Waals surface area contributed by atoms with Crippen LogP contribution in [0.3, 0.4) is 0 Å². The number of nitro groups is 1. The van der Waals surface area contributed by atoms with Crippen LogP contribution < -0.4 is 41.8 Å². The summed E-state index contributed by atoms with van der Waals surface area (Å²) in [4.78, 5) is 168. The molecule has 28 nitrogen and oxygen atoms in total. The highest BCUT2D eigenvalue weighted by Gasteiger charge is 2.47. The highest BCUT2D eigenvalue weighted by atomic mass is 32.2. The highest BCUT2D eigenvalue weighted by Crippen LogP contribution is 2.34. The van der Waals surface area contributed by atoms with E-state index in [4.69, 9.17) is 29.4 Å². The van der Waals surface area contributed by atoms with Crippen molar-refractivity contribution in [3.05, 3.63) is 58.1 Å². The fourth-order valence-corrected chi connectivity index (χ4v) is 11.2. The zero-order valence-electron chi connectivity index (χ0n) is 43.2. The molecule has 4 aliphatic rings. The predicted octanol–water partition coefficient (Wildman–Crippen LogP) is -0.122. The number of nitro benzene ring substituents is 1. The molecule has 29 heteroatoms. The predicted molar refractivity (Wildman–Crippen MR) is 271 cm³/mol. The lowest BCUT2D eigenvalue weighted by Crippen LogP contribution is -2.56. The van der Waals surface area contributed by atoms with E-state index in [1.165, 1.54) is 14.0 Å². The number of ketones is 2. The first kappa shape index (κ1) is 58.2. The number of rotatable bonds is 10. The number of carbonyl (C=O) groups excluding carboxylic acids is 11. The molecule has 0 spiro atoms. The van der Waals surface area contributed by atoms with E-state index in [0.29, 0.717) is 23.1 Å². The minimum absolute atomic E-state index is 0.0821. The lowest BCUT2D eigenvalue weighted by molar-refractivity contribution is -0.384. The maximum absolute atomic E-state index is 15.1. The summed E-state index contributed by atoms with van der Waals surface area (Å²) in [5.41, 5.74) is 5.85. The van der Waals surface area contributed by atoms with Crippen LogP contribution in [0.5, 0.6) is 11.5 Å². The van der Waals surface area contributed by atoms with Gasteiger partial charge < -0.3 is 65.9 Å². The number of cyclic esters (lactones) is 2. The van der Waals surface area contributed by atoms with Crippen LogP contribution in [0.1, 0.15) is 58.4 Å². The summed E-state index contributed by atoms with van der Waals surface area (Å²) in [6.07, 6.45) is -8.08. The molecule has 1 aromatic heterocycles. The van der Waals surface area contributed by atoms with Crippen molar-refractivity contribution in [3.63, 3.8) is 0 Å². The Morgan fingerprint density at radius 2 is 1.56 bits per heavy atom. The Morgan fingerprint density at radius 1 is 0.873 bits per heavy atom. The molecule has 2 unspecified atom stereocenters. The maximum Gasteiger partial charge on any atom is 0.514 e. The Hall–Kier alpha value is -8.50. The van der Waals surface area contributed by atoms with Crippen LogP contribution in [0.25, 0.3) is 10.9 Å². The molecular weight excluding hydrogens is 1060 g/mol. The largest absolute Gasteiger partial charge is 0.514 e. The van der Waals surface area contributed by atoms with Crippen LogP contribution in [0.15, 0.2) is 47.5 Å². The van der Waals surface area contributed by atoms with Crippen molar-refractivity contribution in [1.82, 2.24) is 36.5 Å². The van der Waals surface area contributed by atoms with E-state index in [1.54, 1.807) is 32.0 Å². The third kappa shape index (κ3) is 14.2. The average Bonchev–Trinajstić information content (AvgIpc) is 4.32. The van der Waals surface area contributed by atoms with Gasteiger partial charge in [-0.05, 0) is 42.2 Å². The molecule has 7 rings (SSSR count). The first-order valence-electron chi connectivity index (χ1n) is 25.2. The zero-order valence-corrected chi connectivity index (χ0v) is 44.0. The van der Waals surface area contributed by atoms with Crippen LogP contribution >= 0.6 is 0 Å². The number of aromatic amines is 1. The van der Waals surface area contributed by atoms with Crippen molar-refractivity contribution < 1.29 is 85.6 Å². The molecule has 424 valence electrons. The molecule has 5 heterocycles. The van der Waals surface area contributed by atoms with Crippen molar-refractivity contribution in [3.8, 4) is 11.5 Å². The molecule has 2 bridgehead atoms. The van der Waals surface area contributed by atoms with Gasteiger partial charge in [-0.15, -0.1) is 0 Å². The standard InChI is InChI=1S/C50H59N9O19S/c1-5-23(2)42-46(67)53-18-40(63)54-34-22-79(73)47-32(31-11-10-29(74-4)16-33(31)55-47)12-25(44(65)52-19-41(64)56-42)13-37(61)43(24(3)38-21-75-49(69)78-38)57-45(66)35-17-30(20-58(35)48(68)26(14-36(34)60)15-39(51)62)77-50(70)76-28-8-6-27(7-9-28)59(71)72/h6-11,16,23-26,30,34-35,38,42-43,55H,5,12-15,17-22H2,1-4H3,(H2,51,62)(H,52,65)(H,53,67)(H,54,63)(H,56,64)(H,57,66)/t23-,24-,25+,26-,30+,34-,35?,38-,42-,43-,79?/m0/s1. The molecule has 8 N–H and O–H groups in total. The van der Waals surface area contributed by atoms with Crippen LogP contribution in [0, 0.1) is 33.8 Å². The van der Waals surface area contributed by atoms with Crippen LogP contribution in [0.4, 0.5) is 15.3 Å². The SMILES string of the molecule is CC[C@H](C)[C@@H]1NC(=O)CNC(=O)[C@H]2CC(=O)[C@H]([C@@H](C)[C@@H]3COC(=O)O3)NC(=O)C3C[C@@H](OC(=O)Oc4ccc([N+](=O)[O-])cc4)CN3C(=O)[C@H](CC(N)=O)CC(=O)[C@H](CS(=O)c3[nH]c4cc(OC)ccc4c3C2)NC(=O)CNC1=O. The second-order valence-corrected chi connectivity index (χ2v) is 21.0. The average molecular weight is 1120 g/mol. The number of methoxy groups -OCH3 is 1. The molecule has 2 saturated heterocycles. The summed E-state index contributed by atoms with van der Waals surface area (Å²) in [5, 5.41) is 24.2. The Morgan fingerprint density at radius 3 is 2.20 bits per heavy atom. The molecule has 11 atom stereocenters. The van der Waals surface area contributed by atoms with Gasteiger partial charge in [0.1, 0.15) is 47.4 Å². The minimum Gasteiger partial charge on any atom is -0.497 e. The number of carbonyl (C=O) groups is 11. The fraction of sp³-hybridized carbons (Fsp3) is 0.500. The lowest BCUT2D eigenvalue weighted by Gasteiger charge is -2.32. The number of fused-ring (bicyclic) bond motifs is 5. The number of primary amides is 1. The Labute approximate surface area is 452 Å². The molecule has 4 aliphatic heterocycles. The first-order valence-corrected chi connectivity index (χ1v) is 26.5. The quantitative estimate of drug-likeness (QED) is 0.0602. The number of benzene rings is 2. The van der Waals surface area contributed by atoms with E-state index >= 15 is 4.79 Å². The molecular formula is C50H59N9O19S. The summed E-state index contributed by atoms with van der Waals surface area (Å²) in [6, 6.07) is 2.67. The number of nitrogens with two attached hydrogens (primary N) is 1. The van der Waals surface area contributed by atoms with Gasteiger partial charge in [0.2, 0.25) is 41.4 Å². The van der Waals surface area contributed by atoms with Crippen LogP contribution in [-0.4, -0.2) is 160 Å². The molecule has 2 aromatic carbocycles. The molecule has 0 saturated carbocycles. The number of nitrogens with one attached hydrogen (secondary N) is 6. The van der Waals surface area contributed by atoms with Crippen molar-refractivity contribution in [2.45, 2.75) is 101 Å². The molecule has 3 aromatic rings. The van der Waals surface area contributed by atoms with Crippen molar-refractivity contribution >= 4 is 92.6 Å². The number of aromatic nitrogens is 1. The third-order valence-electron chi connectivity index (χ3n) is 14.2. The molecule has 2 fully saturated rings. The van der Waals surface area contributed by atoms with Gasteiger partial charge in [0.25, 0.3) is 5.69 Å². The third-order valence-corrected chi connectivity index (χ3v) is 15.7. The summed E-state index contributed by atoms with van der Waals surface area (Å²) >= 11 is 0. The zero-order chi connectivity index (χ0) is 57.4. The summed E-state index contributed by atoms with van der Waals surface area (Å²) < 4.78 is 41.5. The van der Waals surface area contributed by atoms with E-state index in [0.717, 1.165) is 29.2 Å². The van der Waals surface area contributed by atoms with E-state index in [-0.39, 0.29) is 28.6 Å². The van der Waals surface area contributed by atoms with E-state index in [1.807, 2.05) is 0 Å². The van der Waals surface area contributed by atoms with E-state index in [2.05, 4.69) is 31.6 Å². The second kappa shape index (κ2) is 25.3. The monoisotopic (exact) mass is 1120 g/mol. The number of hydrogen-bond acceptors (Lipinski definition) is 19. The molecule has 79 heavy (non-hydrogen) atoms. The van der Waals surface area contributed by atoms with Crippen molar-refractivity contribution in [1.29, 1.82) is 0 Å². The second-order valence-electron chi connectivity index (χ2n) is 19.6. The van der Waals surface area contributed by atoms with E-state index in [9.17, 15) is 62.3 Å². The van der Waals surface area contributed by atoms with Gasteiger partial charge in [0.05, 0.1) is 71.7 Å². The number of amides is 7. The van der Waals surface area contributed by atoms with Gasteiger partial charge in [-0.1, -0.05) is 27.2 Å². The van der Waals surface area contributed by atoms with Gasteiger partial charge >= 0.3 is 12.3 Å². The Bertz CT molecular complexity index is 2970. The van der Waals surface area contributed by atoms with E-state index < -0.39 is 198 Å². The van der Waals surface area contributed by atoms with Gasteiger partial charge in [-0.2, -0.15) is 0 Å². The van der Waals surface area contributed by atoms with Crippen LogP contribution in [0.2, 0.25) is 0 Å². The number of ether oxygens (including phenoxy) is 5. The number of Topliss-reactive ketones (excluding diaryl/α,β-unsaturated/α-hetero) is 2. The fourth-order valence-electron chi connectivity index (χ4n) is 9.77. The lowest BCUT2D eigenvalue weighted by atomic mass is 9.85. The van der Waals surface area contributed by atoms with Gasteiger partial charge in [0, 0.05) is 61.1 Å². The smallest absolute Gasteiger partial charge is 0.497 e. The van der Waals surface area contributed by atoms with Crippen LogP contribution in [-0.2, 0) is 74.6 Å². The van der Waals surface area contributed by atoms with Gasteiger partial charge in [0.15, 0.2) is 11.6 Å². The Balaban J connectivity index is 1.36. The van der Waals surface area contributed by atoms with Gasteiger partial charge in [-0.25, -0.2) is 9.59 Å². The highest BCUT2D eigenvalue weighted by molar-refractivity contribution is 7.85. The van der Waals surface area contributed by atoms with Crippen molar-refractivity contribution in [2.75, 3.05) is 39.1 Å². The summed E-state index contributed by atoms with van der Waals surface area (Å²) in [6.45, 7) is 2.34. The topological polar surface area (TPSA) is 399 Å². The molecule has 0 radical (unpaired) electrons. The Kier molecular flexibility index (Phi) is 18.6. The van der Waals surface area contributed by atoms with Gasteiger partial charge in [-0.3, -0.25) is 57.5 Å². The first-order chi connectivity index (χ1) is 37.5. The minimum atomic E-state index is -2.36. The summed E-state index contributed by atoms with van der Waals surface area (Å²) in [5.74, 6) is -14.0. The number of hydrogen-bond donors (Lipinski definition) is 7. The normalized spacial score (nSPS) is 26.6. The number of H-pyrrole nitrogens is 1. The summed E-state index contributed by atoms with van der Waals surface area (Å²) in [7, 11) is -0.956. The number of nitrogens with zero attached hydrogens (tertiary/aromatic N) is 2. The number of non-ortho nitro benzene ring substituents is 1.